The summed E-state index contributed by atoms with van der Waals surface area (Å²) in [6.07, 6.45) is 7.78. The van der Waals surface area contributed by atoms with E-state index in [4.69, 9.17) is 4.74 Å². The van der Waals surface area contributed by atoms with E-state index < -0.39 is 0 Å². The fourth-order valence-corrected chi connectivity index (χ4v) is 2.07. The molecule has 1 fully saturated rings. The van der Waals surface area contributed by atoms with Crippen molar-refractivity contribution in [2.24, 2.45) is 0 Å². The first-order chi connectivity index (χ1) is 7.70. The minimum Gasteiger partial charge on any atom is -0.378 e. The smallest absolute Gasteiger partial charge is 0.233 e. The van der Waals surface area contributed by atoms with Crippen molar-refractivity contribution in [2.75, 3.05) is 13.2 Å². The van der Waals surface area contributed by atoms with Gasteiger partial charge in [0.15, 0.2) is 0 Å². The topological polar surface area (TPSA) is 38.3 Å². The number of hydrogen-bond donors (Lipinski definition) is 1. The van der Waals surface area contributed by atoms with Gasteiger partial charge in [0.1, 0.15) is 0 Å². The molecule has 4 heteroatoms. The standard InChI is InChI=1S/C12H22BrNO2/c1-10(13)12(15)14-8-5-9-16-11-6-3-2-4-7-11/h10-11H,2-9H2,1H3,(H,14,15). The Morgan fingerprint density at radius 1 is 1.44 bits per heavy atom. The average molecular weight is 292 g/mol. The van der Waals surface area contributed by atoms with Crippen LogP contribution in [-0.2, 0) is 9.53 Å². The number of nitrogens with one attached hydrogen (secondary N) is 1. The molecule has 1 atom stereocenters. The summed E-state index contributed by atoms with van der Waals surface area (Å²) in [6.45, 7) is 3.30. The minimum absolute atomic E-state index is 0.0534. The fourth-order valence-electron chi connectivity index (χ4n) is 1.91. The highest BCUT2D eigenvalue weighted by Crippen LogP contribution is 2.20. The van der Waals surface area contributed by atoms with Crippen LogP contribution in [0.1, 0.15) is 45.4 Å². The van der Waals surface area contributed by atoms with E-state index in [2.05, 4.69) is 21.2 Å². The summed E-state index contributed by atoms with van der Waals surface area (Å²) in [5, 5.41) is 2.85. The zero-order valence-electron chi connectivity index (χ0n) is 10.0. The lowest BCUT2D eigenvalue weighted by Crippen LogP contribution is -2.31. The van der Waals surface area contributed by atoms with Crippen LogP contribution in [0.2, 0.25) is 0 Å². The Bertz CT molecular complexity index is 203. The van der Waals surface area contributed by atoms with E-state index in [0.29, 0.717) is 12.6 Å². The summed E-state index contributed by atoms with van der Waals surface area (Å²) in [7, 11) is 0. The SMILES string of the molecule is CC(Br)C(=O)NCCCOC1CCCCC1. The van der Waals surface area contributed by atoms with Crippen LogP contribution in [0.4, 0.5) is 0 Å². The zero-order valence-corrected chi connectivity index (χ0v) is 11.6. The van der Waals surface area contributed by atoms with Gasteiger partial charge in [-0.25, -0.2) is 0 Å². The van der Waals surface area contributed by atoms with E-state index >= 15 is 0 Å². The number of ether oxygens (including phenoxy) is 1. The van der Waals surface area contributed by atoms with E-state index in [-0.39, 0.29) is 10.7 Å². The minimum atomic E-state index is -0.105. The molecule has 94 valence electrons. The van der Waals surface area contributed by atoms with Crippen molar-refractivity contribution in [3.8, 4) is 0 Å². The number of rotatable bonds is 6. The molecule has 1 amide bonds. The van der Waals surface area contributed by atoms with E-state index in [0.717, 1.165) is 13.0 Å². The lowest BCUT2D eigenvalue weighted by molar-refractivity contribution is -0.120. The zero-order chi connectivity index (χ0) is 11.8. The molecule has 1 aliphatic carbocycles. The Labute approximate surface area is 106 Å². The van der Waals surface area contributed by atoms with Crippen LogP contribution in [0, 0.1) is 0 Å². The van der Waals surface area contributed by atoms with Gasteiger partial charge in [-0.3, -0.25) is 4.79 Å². The molecule has 0 aromatic carbocycles. The second kappa shape index (κ2) is 8.07. The van der Waals surface area contributed by atoms with Crippen molar-refractivity contribution in [1.82, 2.24) is 5.32 Å². The Kier molecular flexibility index (Phi) is 7.05. The first kappa shape index (κ1) is 14.0. The highest BCUT2D eigenvalue weighted by Gasteiger charge is 2.13. The van der Waals surface area contributed by atoms with Crippen molar-refractivity contribution < 1.29 is 9.53 Å². The average Bonchev–Trinajstić information content (AvgIpc) is 2.29. The molecule has 0 saturated heterocycles. The van der Waals surface area contributed by atoms with Gasteiger partial charge in [-0.1, -0.05) is 35.2 Å². The molecule has 1 unspecified atom stereocenters. The molecule has 0 aliphatic heterocycles. The molecular formula is C12H22BrNO2. The molecule has 3 nitrogen and oxygen atoms in total. The van der Waals surface area contributed by atoms with Gasteiger partial charge in [0.25, 0.3) is 0 Å². The molecule has 16 heavy (non-hydrogen) atoms. The maximum atomic E-state index is 11.2. The summed E-state index contributed by atoms with van der Waals surface area (Å²) >= 11 is 3.23. The number of halogens is 1. The fraction of sp³-hybridized carbons (Fsp3) is 0.917. The van der Waals surface area contributed by atoms with Crippen molar-refractivity contribution in [3.05, 3.63) is 0 Å². The summed E-state index contributed by atoms with van der Waals surface area (Å²) in [5.74, 6) is 0.0534. The van der Waals surface area contributed by atoms with Crippen LogP contribution < -0.4 is 5.32 Å². The van der Waals surface area contributed by atoms with Gasteiger partial charge in [0, 0.05) is 13.2 Å². The van der Waals surface area contributed by atoms with Crippen molar-refractivity contribution in [1.29, 1.82) is 0 Å². The quantitative estimate of drug-likeness (QED) is 0.603. The van der Waals surface area contributed by atoms with Gasteiger partial charge < -0.3 is 10.1 Å². The van der Waals surface area contributed by atoms with Crippen molar-refractivity contribution >= 4 is 21.8 Å². The van der Waals surface area contributed by atoms with Crippen LogP contribution >= 0.6 is 15.9 Å². The molecule has 0 aromatic heterocycles. The lowest BCUT2D eigenvalue weighted by Gasteiger charge is -2.21. The summed E-state index contributed by atoms with van der Waals surface area (Å²) in [4.78, 5) is 11.1. The Morgan fingerprint density at radius 2 is 2.12 bits per heavy atom. The number of hydrogen-bond acceptors (Lipinski definition) is 2. The highest BCUT2D eigenvalue weighted by molar-refractivity contribution is 9.10. The van der Waals surface area contributed by atoms with Gasteiger partial charge in [0.2, 0.25) is 5.91 Å². The number of carbonyl (C=O) groups is 1. The van der Waals surface area contributed by atoms with Crippen molar-refractivity contribution in [2.45, 2.75) is 56.4 Å². The first-order valence-electron chi connectivity index (χ1n) is 6.23. The van der Waals surface area contributed by atoms with E-state index in [9.17, 15) is 4.79 Å². The van der Waals surface area contributed by atoms with Crippen LogP contribution in [0.15, 0.2) is 0 Å². The van der Waals surface area contributed by atoms with Crippen LogP contribution in [0.3, 0.4) is 0 Å². The van der Waals surface area contributed by atoms with Gasteiger partial charge in [-0.15, -0.1) is 0 Å². The summed E-state index contributed by atoms with van der Waals surface area (Å²) in [6, 6.07) is 0. The normalized spacial score (nSPS) is 19.4. The molecule has 1 N–H and O–H groups in total. The summed E-state index contributed by atoms with van der Waals surface area (Å²) in [5.41, 5.74) is 0. The third-order valence-electron chi connectivity index (χ3n) is 2.89. The largest absolute Gasteiger partial charge is 0.378 e. The molecular weight excluding hydrogens is 270 g/mol. The molecule has 0 aromatic rings. The molecule has 1 aliphatic rings. The molecule has 1 rings (SSSR count). The van der Waals surface area contributed by atoms with Gasteiger partial charge in [0.05, 0.1) is 10.9 Å². The number of carbonyl (C=O) groups excluding carboxylic acids is 1. The van der Waals surface area contributed by atoms with E-state index in [1.165, 1.54) is 32.1 Å². The third-order valence-corrected chi connectivity index (χ3v) is 3.30. The van der Waals surface area contributed by atoms with Crippen LogP contribution in [-0.4, -0.2) is 30.0 Å². The molecule has 0 bridgehead atoms. The highest BCUT2D eigenvalue weighted by atomic mass is 79.9. The van der Waals surface area contributed by atoms with E-state index in [1.54, 1.807) is 0 Å². The number of alkyl halides is 1. The summed E-state index contributed by atoms with van der Waals surface area (Å²) < 4.78 is 5.76. The van der Waals surface area contributed by atoms with Crippen molar-refractivity contribution in [3.63, 3.8) is 0 Å². The number of amides is 1. The second-order valence-corrected chi connectivity index (χ2v) is 5.76. The van der Waals surface area contributed by atoms with Gasteiger partial charge in [-0.2, -0.15) is 0 Å². The maximum absolute atomic E-state index is 11.2. The van der Waals surface area contributed by atoms with Gasteiger partial charge in [-0.05, 0) is 26.2 Å². The Hall–Kier alpha value is -0.0900. The maximum Gasteiger partial charge on any atom is 0.233 e. The second-order valence-electron chi connectivity index (χ2n) is 4.39. The Morgan fingerprint density at radius 3 is 2.75 bits per heavy atom. The lowest BCUT2D eigenvalue weighted by atomic mass is 9.98. The predicted octanol–water partition coefficient (Wildman–Crippen LogP) is 2.63. The Balaban J connectivity index is 1.93. The molecule has 0 heterocycles. The van der Waals surface area contributed by atoms with Crippen LogP contribution in [0.25, 0.3) is 0 Å². The van der Waals surface area contributed by atoms with E-state index in [1.807, 2.05) is 6.92 Å². The monoisotopic (exact) mass is 291 g/mol. The molecule has 0 spiro atoms. The molecule has 1 saturated carbocycles. The predicted molar refractivity (Wildman–Crippen MR) is 68.8 cm³/mol. The van der Waals surface area contributed by atoms with Crippen LogP contribution in [0.5, 0.6) is 0 Å². The molecule has 0 radical (unpaired) electrons. The third kappa shape index (κ3) is 5.85. The van der Waals surface area contributed by atoms with Gasteiger partial charge >= 0.3 is 0 Å². The first-order valence-corrected chi connectivity index (χ1v) is 7.15.